The highest BCUT2D eigenvalue weighted by molar-refractivity contribution is 5.89. The summed E-state index contributed by atoms with van der Waals surface area (Å²) in [6, 6.07) is 7.56. The number of hydrogen-bond donors (Lipinski definition) is 2. The van der Waals surface area contributed by atoms with Crippen LogP contribution >= 0.6 is 0 Å². The van der Waals surface area contributed by atoms with E-state index in [0.717, 1.165) is 5.57 Å². The van der Waals surface area contributed by atoms with Crippen LogP contribution in [0.2, 0.25) is 0 Å². The van der Waals surface area contributed by atoms with E-state index in [-0.39, 0.29) is 17.7 Å². The highest BCUT2D eigenvalue weighted by Gasteiger charge is 2.30. The van der Waals surface area contributed by atoms with Gasteiger partial charge in [0.15, 0.2) is 0 Å². The molecule has 1 amide bonds. The Labute approximate surface area is 225 Å². The van der Waals surface area contributed by atoms with E-state index in [1.807, 2.05) is 26.8 Å². The van der Waals surface area contributed by atoms with Gasteiger partial charge in [-0.05, 0) is 57.4 Å². The first-order valence-corrected chi connectivity index (χ1v) is 12.7. The van der Waals surface area contributed by atoms with E-state index in [1.54, 1.807) is 31.0 Å². The minimum atomic E-state index is -3.34. The highest BCUT2D eigenvalue weighted by Crippen LogP contribution is 2.29. The van der Waals surface area contributed by atoms with Gasteiger partial charge in [0.1, 0.15) is 29.5 Å². The molecule has 0 aliphatic carbocycles. The molecule has 3 heterocycles. The van der Waals surface area contributed by atoms with Gasteiger partial charge in [-0.25, -0.2) is 14.8 Å². The minimum Gasteiger partial charge on any atom is -0.444 e. The SMILES string of the molecule is Cc1nc(NCc2cccc(C(F)(F)CO)c2)c2cc(C3=CCN(C(=O)OC(C)(C)C)CC3)c(=O)n(C)c2n1. The molecule has 4 rings (SSSR count). The second-order valence-electron chi connectivity index (χ2n) is 10.6. The molecular weight excluding hydrogens is 508 g/mol. The van der Waals surface area contributed by atoms with E-state index >= 15 is 0 Å². The van der Waals surface area contributed by atoms with Gasteiger partial charge in [-0.3, -0.25) is 9.36 Å². The zero-order valence-electron chi connectivity index (χ0n) is 22.7. The second kappa shape index (κ2) is 10.7. The Balaban J connectivity index is 1.65. The van der Waals surface area contributed by atoms with Crippen molar-refractivity contribution < 1.29 is 23.4 Å². The van der Waals surface area contributed by atoms with E-state index < -0.39 is 24.2 Å². The first-order valence-electron chi connectivity index (χ1n) is 12.7. The molecule has 1 aliphatic rings. The van der Waals surface area contributed by atoms with Crippen LogP contribution in [0.25, 0.3) is 16.6 Å². The summed E-state index contributed by atoms with van der Waals surface area (Å²) >= 11 is 0. The Morgan fingerprint density at radius 3 is 2.59 bits per heavy atom. The van der Waals surface area contributed by atoms with Crippen molar-refractivity contribution in [3.63, 3.8) is 0 Å². The number of nitrogens with one attached hydrogen (secondary N) is 1. The number of aromatic nitrogens is 3. The number of anilines is 1. The van der Waals surface area contributed by atoms with Gasteiger partial charge in [0.05, 0.1) is 5.39 Å². The molecule has 0 fully saturated rings. The lowest BCUT2D eigenvalue weighted by molar-refractivity contribution is -0.0556. The predicted molar refractivity (Wildman–Crippen MR) is 145 cm³/mol. The topological polar surface area (TPSA) is 110 Å². The quantitative estimate of drug-likeness (QED) is 0.477. The molecule has 11 heteroatoms. The summed E-state index contributed by atoms with van der Waals surface area (Å²) in [5.74, 6) is -2.44. The van der Waals surface area contributed by atoms with Crippen LogP contribution in [0.5, 0.6) is 0 Å². The van der Waals surface area contributed by atoms with Gasteiger partial charge in [-0.2, -0.15) is 8.78 Å². The molecule has 0 saturated carbocycles. The molecule has 0 bridgehead atoms. The molecule has 3 aromatic rings. The summed E-state index contributed by atoms with van der Waals surface area (Å²) in [5.41, 5.74) is 1.21. The maximum atomic E-state index is 14.0. The van der Waals surface area contributed by atoms with E-state index in [2.05, 4.69) is 15.3 Å². The van der Waals surface area contributed by atoms with Gasteiger partial charge in [-0.15, -0.1) is 0 Å². The van der Waals surface area contributed by atoms with Crippen LogP contribution in [0.3, 0.4) is 0 Å². The smallest absolute Gasteiger partial charge is 0.410 e. The third-order valence-electron chi connectivity index (χ3n) is 6.39. The molecule has 1 aromatic carbocycles. The number of aliphatic hydroxyl groups excluding tert-OH is 1. The van der Waals surface area contributed by atoms with Crippen LogP contribution in [0.4, 0.5) is 19.4 Å². The van der Waals surface area contributed by atoms with Crippen molar-refractivity contribution in [1.82, 2.24) is 19.4 Å². The van der Waals surface area contributed by atoms with Crippen LogP contribution < -0.4 is 10.9 Å². The molecule has 39 heavy (non-hydrogen) atoms. The number of rotatable bonds is 6. The molecule has 2 N–H and O–H groups in total. The Morgan fingerprint density at radius 1 is 1.21 bits per heavy atom. The lowest BCUT2D eigenvalue weighted by Crippen LogP contribution is -2.39. The van der Waals surface area contributed by atoms with Crippen LogP contribution in [-0.2, 0) is 24.3 Å². The number of hydrogen-bond acceptors (Lipinski definition) is 7. The monoisotopic (exact) mass is 541 g/mol. The van der Waals surface area contributed by atoms with Crippen LogP contribution in [0, 0.1) is 6.92 Å². The number of nitrogens with zero attached hydrogens (tertiary/aromatic N) is 4. The number of aryl methyl sites for hydroxylation is 2. The first kappa shape index (κ1) is 28.2. The van der Waals surface area contributed by atoms with E-state index in [1.165, 1.54) is 22.8 Å². The zero-order chi connectivity index (χ0) is 28.5. The standard InChI is InChI=1S/C28H33F2N5O4/c1-17-32-23(31-15-18-7-6-8-20(13-18)28(29,30)16-36)22-14-21(25(37)34(5)24(22)33-17)19-9-11-35(12-10-19)26(38)39-27(2,3)4/h6-9,13-14,36H,10-12,15-16H2,1-5H3,(H,31,32,33). The van der Waals surface area contributed by atoms with E-state index in [4.69, 9.17) is 9.84 Å². The van der Waals surface area contributed by atoms with Gasteiger partial charge >= 0.3 is 6.09 Å². The maximum Gasteiger partial charge on any atom is 0.410 e. The highest BCUT2D eigenvalue weighted by atomic mass is 19.3. The lowest BCUT2D eigenvalue weighted by atomic mass is 9.99. The van der Waals surface area contributed by atoms with Gasteiger partial charge in [-0.1, -0.05) is 24.3 Å². The molecule has 9 nitrogen and oxygen atoms in total. The number of halogens is 2. The van der Waals surface area contributed by atoms with Crippen molar-refractivity contribution in [2.24, 2.45) is 7.05 Å². The molecule has 208 valence electrons. The van der Waals surface area contributed by atoms with Crippen molar-refractivity contribution in [1.29, 1.82) is 0 Å². The second-order valence-corrected chi connectivity index (χ2v) is 10.6. The van der Waals surface area contributed by atoms with Crippen molar-refractivity contribution >= 4 is 28.5 Å². The molecule has 0 radical (unpaired) electrons. The molecule has 0 saturated heterocycles. The van der Waals surface area contributed by atoms with E-state index in [9.17, 15) is 18.4 Å². The molecule has 0 unspecified atom stereocenters. The molecular formula is C28H33F2N5O4. The largest absolute Gasteiger partial charge is 0.444 e. The number of alkyl halides is 2. The van der Waals surface area contributed by atoms with Crippen LogP contribution in [0.1, 0.15) is 49.7 Å². The average Bonchev–Trinajstić information content (AvgIpc) is 2.89. The molecule has 2 aromatic heterocycles. The summed E-state index contributed by atoms with van der Waals surface area (Å²) in [5, 5.41) is 12.8. The summed E-state index contributed by atoms with van der Waals surface area (Å²) in [7, 11) is 1.64. The van der Waals surface area contributed by atoms with Gasteiger partial charge < -0.3 is 20.1 Å². The van der Waals surface area contributed by atoms with Crippen molar-refractivity contribution in [2.45, 2.75) is 52.2 Å². The number of pyridine rings is 1. The molecule has 1 aliphatic heterocycles. The summed E-state index contributed by atoms with van der Waals surface area (Å²) in [6.07, 6.45) is 1.92. The Kier molecular flexibility index (Phi) is 7.74. The molecule has 0 spiro atoms. The van der Waals surface area contributed by atoms with Crippen LogP contribution in [0.15, 0.2) is 41.2 Å². The number of fused-ring (bicyclic) bond motifs is 1. The number of carbonyl (C=O) groups is 1. The van der Waals surface area contributed by atoms with E-state index in [0.29, 0.717) is 53.3 Å². The fraction of sp³-hybridized carbons (Fsp3) is 0.429. The average molecular weight is 542 g/mol. The fourth-order valence-corrected chi connectivity index (χ4v) is 4.39. The summed E-state index contributed by atoms with van der Waals surface area (Å²) in [4.78, 5) is 36.3. The number of amides is 1. The third kappa shape index (κ3) is 6.25. The number of benzene rings is 1. The van der Waals surface area contributed by atoms with Gasteiger partial charge in [0.25, 0.3) is 11.5 Å². The normalized spacial score (nSPS) is 14.4. The van der Waals surface area contributed by atoms with Gasteiger partial charge in [0, 0.05) is 37.8 Å². The first-order chi connectivity index (χ1) is 18.3. The van der Waals surface area contributed by atoms with Crippen molar-refractivity contribution in [3.05, 3.63) is 69.3 Å². The Hall–Kier alpha value is -3.86. The van der Waals surface area contributed by atoms with Crippen molar-refractivity contribution in [2.75, 3.05) is 25.0 Å². The summed E-state index contributed by atoms with van der Waals surface area (Å²) in [6.45, 7) is 6.78. The Morgan fingerprint density at radius 2 is 1.95 bits per heavy atom. The number of ether oxygens (including phenoxy) is 1. The Bertz CT molecular complexity index is 1490. The minimum absolute atomic E-state index is 0.187. The maximum absolute atomic E-state index is 14.0. The zero-order valence-corrected chi connectivity index (χ0v) is 22.7. The van der Waals surface area contributed by atoms with Crippen LogP contribution in [-0.4, -0.2) is 55.9 Å². The number of carbonyl (C=O) groups excluding carboxylic acids is 1. The number of aliphatic hydroxyl groups is 1. The summed E-state index contributed by atoms with van der Waals surface area (Å²) < 4.78 is 34.9. The lowest BCUT2D eigenvalue weighted by Gasteiger charge is -2.29. The predicted octanol–water partition coefficient (Wildman–Crippen LogP) is 4.36. The van der Waals surface area contributed by atoms with Gasteiger partial charge in [0.2, 0.25) is 0 Å². The third-order valence-corrected chi connectivity index (χ3v) is 6.39. The van der Waals surface area contributed by atoms with Crippen molar-refractivity contribution in [3.8, 4) is 0 Å². The molecule has 0 atom stereocenters. The fourth-order valence-electron chi connectivity index (χ4n) is 4.39.